The fraction of sp³-hybridized carbons (Fsp3) is 0.150. The van der Waals surface area contributed by atoms with Gasteiger partial charge in [-0.1, -0.05) is 23.2 Å². The van der Waals surface area contributed by atoms with Crippen molar-refractivity contribution in [3.8, 4) is 39.7 Å². The van der Waals surface area contributed by atoms with Crippen LogP contribution in [0, 0.1) is 13.8 Å². The number of benzene rings is 1. The van der Waals surface area contributed by atoms with Crippen LogP contribution in [-0.4, -0.2) is 17.1 Å². The molecule has 0 aliphatic rings. The van der Waals surface area contributed by atoms with E-state index >= 15 is 0 Å². The summed E-state index contributed by atoms with van der Waals surface area (Å²) in [6.07, 6.45) is 0. The normalized spacial score (nSPS) is 11.1. The van der Waals surface area contributed by atoms with E-state index in [2.05, 4.69) is 18.8 Å². The number of halogens is 2. The Bertz CT molecular complexity index is 1050. The van der Waals surface area contributed by atoms with E-state index in [-0.39, 0.29) is 0 Å². The molecule has 138 valence electrons. The van der Waals surface area contributed by atoms with Gasteiger partial charge in [0.2, 0.25) is 0 Å². The predicted octanol–water partition coefficient (Wildman–Crippen LogP) is 7.47. The quantitative estimate of drug-likeness (QED) is 0.361. The van der Waals surface area contributed by atoms with Crippen LogP contribution in [0.2, 0.25) is 8.67 Å². The molecule has 0 saturated heterocycles. The maximum atomic E-state index is 6.26. The average Bonchev–Trinajstić information content (AvgIpc) is 3.31. The van der Waals surface area contributed by atoms with Crippen LogP contribution in [0.4, 0.5) is 0 Å². The van der Waals surface area contributed by atoms with E-state index in [0.29, 0.717) is 0 Å². The molecular formula is C20H16Cl2N2OS2. The Balaban J connectivity index is 1.91. The van der Waals surface area contributed by atoms with Gasteiger partial charge in [-0.05, 0) is 50.2 Å². The molecule has 0 saturated carbocycles. The number of aromatic amines is 1. The zero-order valence-electron chi connectivity index (χ0n) is 14.9. The van der Waals surface area contributed by atoms with Crippen molar-refractivity contribution in [1.29, 1.82) is 0 Å². The van der Waals surface area contributed by atoms with E-state index in [0.717, 1.165) is 58.1 Å². The van der Waals surface area contributed by atoms with Crippen molar-refractivity contribution < 1.29 is 4.74 Å². The van der Waals surface area contributed by atoms with Crippen LogP contribution in [0.15, 0.2) is 36.4 Å². The Hall–Kier alpha value is -1.79. The molecule has 3 aromatic heterocycles. The van der Waals surface area contributed by atoms with Gasteiger partial charge in [0.1, 0.15) is 11.6 Å². The Morgan fingerprint density at radius 3 is 2.04 bits per heavy atom. The highest BCUT2D eigenvalue weighted by molar-refractivity contribution is 7.17. The number of nitrogens with zero attached hydrogens (tertiary/aromatic N) is 1. The third-order valence-electron chi connectivity index (χ3n) is 4.37. The Morgan fingerprint density at radius 1 is 0.926 bits per heavy atom. The van der Waals surface area contributed by atoms with Crippen LogP contribution in [0.25, 0.3) is 33.9 Å². The standard InChI is InChI=1S/C20H16Cl2N2OS2/c1-10-14(8-16(21)26-10)18-19(15-9-17(22)27-11(15)2)24-20(23-18)12-4-6-13(25-3)7-5-12/h4-9H,1-3H3,(H,23,24). The number of nitrogens with one attached hydrogen (secondary N) is 1. The molecule has 0 amide bonds. The molecule has 0 aliphatic carbocycles. The molecule has 4 rings (SSSR count). The summed E-state index contributed by atoms with van der Waals surface area (Å²) >= 11 is 15.6. The topological polar surface area (TPSA) is 37.9 Å². The fourth-order valence-electron chi connectivity index (χ4n) is 3.02. The van der Waals surface area contributed by atoms with E-state index in [1.165, 1.54) is 0 Å². The van der Waals surface area contributed by atoms with E-state index in [1.54, 1.807) is 29.8 Å². The average molecular weight is 435 g/mol. The van der Waals surface area contributed by atoms with E-state index in [9.17, 15) is 0 Å². The van der Waals surface area contributed by atoms with Crippen LogP contribution >= 0.6 is 45.9 Å². The maximum Gasteiger partial charge on any atom is 0.138 e. The third kappa shape index (κ3) is 3.52. The van der Waals surface area contributed by atoms with Crippen LogP contribution in [0.1, 0.15) is 9.75 Å². The molecule has 0 spiro atoms. The minimum absolute atomic E-state index is 0.752. The highest BCUT2D eigenvalue weighted by atomic mass is 35.5. The zero-order valence-corrected chi connectivity index (χ0v) is 18.0. The highest BCUT2D eigenvalue weighted by Gasteiger charge is 2.21. The van der Waals surface area contributed by atoms with Gasteiger partial charge in [-0.25, -0.2) is 4.98 Å². The van der Waals surface area contributed by atoms with E-state index < -0.39 is 0 Å². The number of hydrogen-bond donors (Lipinski definition) is 1. The molecule has 0 fully saturated rings. The molecule has 1 aromatic carbocycles. The number of methoxy groups -OCH3 is 1. The maximum absolute atomic E-state index is 6.26. The van der Waals surface area contributed by atoms with Crippen molar-refractivity contribution >= 4 is 45.9 Å². The number of rotatable bonds is 4. The van der Waals surface area contributed by atoms with Crippen LogP contribution in [0.3, 0.4) is 0 Å². The van der Waals surface area contributed by atoms with Crippen molar-refractivity contribution in [1.82, 2.24) is 9.97 Å². The lowest BCUT2D eigenvalue weighted by Gasteiger charge is -2.01. The monoisotopic (exact) mass is 434 g/mol. The minimum Gasteiger partial charge on any atom is -0.497 e. The number of ether oxygens (including phenoxy) is 1. The Morgan fingerprint density at radius 2 is 1.52 bits per heavy atom. The molecule has 0 unspecified atom stereocenters. The summed E-state index contributed by atoms with van der Waals surface area (Å²) < 4.78 is 6.76. The lowest BCUT2D eigenvalue weighted by Crippen LogP contribution is -1.84. The second kappa shape index (κ2) is 7.32. The van der Waals surface area contributed by atoms with E-state index in [4.69, 9.17) is 32.9 Å². The number of hydrogen-bond acceptors (Lipinski definition) is 4. The first kappa shape index (κ1) is 18.6. The van der Waals surface area contributed by atoms with Crippen molar-refractivity contribution in [2.75, 3.05) is 7.11 Å². The van der Waals surface area contributed by atoms with Crippen LogP contribution in [-0.2, 0) is 0 Å². The largest absolute Gasteiger partial charge is 0.497 e. The first-order valence-corrected chi connectivity index (χ1v) is 10.6. The molecule has 3 nitrogen and oxygen atoms in total. The van der Waals surface area contributed by atoms with Crippen LogP contribution in [0.5, 0.6) is 5.75 Å². The lowest BCUT2D eigenvalue weighted by atomic mass is 10.1. The molecule has 0 atom stereocenters. The summed E-state index contributed by atoms with van der Waals surface area (Å²) in [5.74, 6) is 1.61. The molecule has 7 heteroatoms. The summed E-state index contributed by atoms with van der Waals surface area (Å²) in [4.78, 5) is 10.7. The molecule has 0 bridgehead atoms. The summed E-state index contributed by atoms with van der Waals surface area (Å²) in [7, 11) is 1.66. The Kier molecular flexibility index (Phi) is 5.03. The number of H-pyrrole nitrogens is 1. The number of imidazole rings is 1. The number of aryl methyl sites for hydroxylation is 2. The van der Waals surface area contributed by atoms with Gasteiger partial charge in [-0.3, -0.25) is 0 Å². The molecule has 0 radical (unpaired) electrons. The number of aromatic nitrogens is 2. The van der Waals surface area contributed by atoms with Gasteiger partial charge in [-0.2, -0.15) is 0 Å². The number of thiophene rings is 2. The van der Waals surface area contributed by atoms with Gasteiger partial charge in [0.05, 0.1) is 27.2 Å². The zero-order chi connectivity index (χ0) is 19.1. The summed E-state index contributed by atoms with van der Waals surface area (Å²) in [5, 5.41) is 0. The SMILES string of the molecule is COc1ccc(-c2nc(-c3cc(Cl)sc3C)c(-c3cc(Cl)sc3C)[nH]2)cc1. The molecule has 3 heterocycles. The molecule has 1 N–H and O–H groups in total. The van der Waals surface area contributed by atoms with Gasteiger partial charge in [0, 0.05) is 26.4 Å². The van der Waals surface area contributed by atoms with Crippen molar-refractivity contribution in [2.45, 2.75) is 13.8 Å². The highest BCUT2D eigenvalue weighted by Crippen LogP contribution is 2.42. The molecule has 4 aromatic rings. The van der Waals surface area contributed by atoms with Gasteiger partial charge in [-0.15, -0.1) is 22.7 Å². The molecule has 27 heavy (non-hydrogen) atoms. The summed E-state index contributed by atoms with van der Waals surface area (Å²) in [6, 6.07) is 11.8. The lowest BCUT2D eigenvalue weighted by molar-refractivity contribution is 0.415. The Labute approximate surface area is 175 Å². The van der Waals surface area contributed by atoms with Gasteiger partial charge < -0.3 is 9.72 Å². The summed E-state index contributed by atoms with van der Waals surface area (Å²) in [6.45, 7) is 4.13. The first-order chi connectivity index (χ1) is 13.0. The fourth-order valence-corrected chi connectivity index (χ4v) is 5.41. The second-order valence-electron chi connectivity index (χ2n) is 6.08. The second-order valence-corrected chi connectivity index (χ2v) is 9.85. The molecular weight excluding hydrogens is 419 g/mol. The third-order valence-corrected chi connectivity index (χ3v) is 6.73. The predicted molar refractivity (Wildman–Crippen MR) is 117 cm³/mol. The van der Waals surface area contributed by atoms with Crippen molar-refractivity contribution in [3.63, 3.8) is 0 Å². The first-order valence-electron chi connectivity index (χ1n) is 8.23. The minimum atomic E-state index is 0.752. The van der Waals surface area contributed by atoms with Crippen molar-refractivity contribution in [2.24, 2.45) is 0 Å². The van der Waals surface area contributed by atoms with E-state index in [1.807, 2.05) is 36.4 Å². The smallest absolute Gasteiger partial charge is 0.138 e. The van der Waals surface area contributed by atoms with Gasteiger partial charge in [0.25, 0.3) is 0 Å². The van der Waals surface area contributed by atoms with Crippen LogP contribution < -0.4 is 4.74 Å². The summed E-state index contributed by atoms with van der Waals surface area (Å²) in [5.41, 5.74) is 4.94. The molecule has 0 aliphatic heterocycles. The van der Waals surface area contributed by atoms with Crippen molar-refractivity contribution in [3.05, 3.63) is 54.8 Å². The van der Waals surface area contributed by atoms with Gasteiger partial charge >= 0.3 is 0 Å². The van der Waals surface area contributed by atoms with Gasteiger partial charge in [0.15, 0.2) is 0 Å².